The molecule has 0 N–H and O–H groups in total. The summed E-state index contributed by atoms with van der Waals surface area (Å²) in [6.07, 6.45) is 1.02. The van der Waals surface area contributed by atoms with Crippen LogP contribution in [0.3, 0.4) is 0 Å². The van der Waals surface area contributed by atoms with Crippen molar-refractivity contribution in [2.75, 3.05) is 0 Å². The second kappa shape index (κ2) is 6.25. The molecule has 0 heteroatoms. The van der Waals surface area contributed by atoms with E-state index >= 15 is 0 Å². The lowest BCUT2D eigenvalue weighted by atomic mass is 9.95. The lowest BCUT2D eigenvalue weighted by molar-refractivity contribution is 1.26. The Kier molecular flexibility index (Phi) is 3.72. The summed E-state index contributed by atoms with van der Waals surface area (Å²) in [4.78, 5) is 0. The molecule has 4 aromatic carbocycles. The lowest BCUT2D eigenvalue weighted by Gasteiger charge is -2.09. The molecular formula is C27H22. The molecule has 0 saturated heterocycles. The normalized spacial score (nSPS) is 11.9. The van der Waals surface area contributed by atoms with E-state index in [9.17, 15) is 0 Å². The third-order valence-corrected chi connectivity index (χ3v) is 5.69. The van der Waals surface area contributed by atoms with Gasteiger partial charge in [0.2, 0.25) is 0 Å². The van der Waals surface area contributed by atoms with Crippen molar-refractivity contribution in [3.8, 4) is 33.4 Å². The number of rotatable bonds is 2. The Hall–Kier alpha value is -3.12. The van der Waals surface area contributed by atoms with E-state index < -0.39 is 0 Å². The van der Waals surface area contributed by atoms with Crippen LogP contribution in [0, 0.1) is 13.8 Å². The fourth-order valence-electron chi connectivity index (χ4n) is 4.13. The van der Waals surface area contributed by atoms with Gasteiger partial charge in [0, 0.05) is 0 Å². The molecule has 0 heterocycles. The van der Waals surface area contributed by atoms with Crippen LogP contribution in [0.15, 0.2) is 84.9 Å². The average molecular weight is 346 g/mol. The summed E-state index contributed by atoms with van der Waals surface area (Å²) in [6.45, 7) is 4.27. The average Bonchev–Trinajstić information content (AvgIpc) is 3.07. The summed E-state index contributed by atoms with van der Waals surface area (Å²) in [5.74, 6) is 0. The van der Waals surface area contributed by atoms with E-state index in [0.29, 0.717) is 0 Å². The number of aryl methyl sites for hydroxylation is 2. The fourth-order valence-corrected chi connectivity index (χ4v) is 4.13. The third kappa shape index (κ3) is 2.78. The molecule has 0 bridgehead atoms. The van der Waals surface area contributed by atoms with Crippen molar-refractivity contribution >= 4 is 0 Å². The molecular weight excluding hydrogens is 324 g/mol. The summed E-state index contributed by atoms with van der Waals surface area (Å²) in [6, 6.07) is 31.4. The molecule has 0 aromatic heterocycles. The Bertz CT molecular complexity index is 1130. The van der Waals surface area contributed by atoms with Gasteiger partial charge in [0.05, 0.1) is 0 Å². The molecule has 0 amide bonds. The van der Waals surface area contributed by atoms with E-state index in [2.05, 4.69) is 98.8 Å². The van der Waals surface area contributed by atoms with Crippen LogP contribution >= 0.6 is 0 Å². The Morgan fingerprint density at radius 3 is 1.81 bits per heavy atom. The molecule has 5 rings (SSSR count). The quantitative estimate of drug-likeness (QED) is 0.317. The number of benzene rings is 4. The SMILES string of the molecule is Cc1ccc(-c2ccc3c(c2)-c2cccc(-c4ccc(C)cc4)c2C3)cc1. The molecule has 0 saturated carbocycles. The summed E-state index contributed by atoms with van der Waals surface area (Å²) in [5.41, 5.74) is 13.5. The minimum atomic E-state index is 1.02. The van der Waals surface area contributed by atoms with Gasteiger partial charge in [0.25, 0.3) is 0 Å². The first kappa shape index (κ1) is 16.1. The molecule has 130 valence electrons. The maximum absolute atomic E-state index is 2.37. The summed E-state index contributed by atoms with van der Waals surface area (Å²) in [7, 11) is 0. The van der Waals surface area contributed by atoms with Crippen LogP contribution in [0.2, 0.25) is 0 Å². The van der Waals surface area contributed by atoms with Crippen LogP contribution < -0.4 is 0 Å². The van der Waals surface area contributed by atoms with Gasteiger partial charge in [-0.2, -0.15) is 0 Å². The van der Waals surface area contributed by atoms with E-state index in [4.69, 9.17) is 0 Å². The Balaban J connectivity index is 1.62. The largest absolute Gasteiger partial charge is 0.0610 e. The Labute approximate surface area is 161 Å². The molecule has 0 aliphatic heterocycles. The fraction of sp³-hybridized carbons (Fsp3) is 0.111. The molecule has 0 spiro atoms. The number of hydrogen-bond donors (Lipinski definition) is 0. The van der Waals surface area contributed by atoms with E-state index in [1.165, 1.54) is 55.6 Å². The van der Waals surface area contributed by atoms with Crippen molar-refractivity contribution in [3.05, 3.63) is 107 Å². The van der Waals surface area contributed by atoms with Gasteiger partial charge in [0.15, 0.2) is 0 Å². The zero-order valence-electron chi connectivity index (χ0n) is 15.8. The summed E-state index contributed by atoms with van der Waals surface area (Å²) >= 11 is 0. The van der Waals surface area contributed by atoms with Crippen LogP contribution in [0.4, 0.5) is 0 Å². The topological polar surface area (TPSA) is 0 Å². The van der Waals surface area contributed by atoms with Crippen LogP contribution in [0.5, 0.6) is 0 Å². The van der Waals surface area contributed by atoms with E-state index in [-0.39, 0.29) is 0 Å². The van der Waals surface area contributed by atoms with Gasteiger partial charge in [-0.1, -0.05) is 90.0 Å². The van der Waals surface area contributed by atoms with Gasteiger partial charge >= 0.3 is 0 Å². The monoisotopic (exact) mass is 346 g/mol. The first-order chi connectivity index (χ1) is 13.2. The molecule has 27 heavy (non-hydrogen) atoms. The number of fused-ring (bicyclic) bond motifs is 3. The number of hydrogen-bond acceptors (Lipinski definition) is 0. The first-order valence-corrected chi connectivity index (χ1v) is 9.58. The minimum Gasteiger partial charge on any atom is -0.0610 e. The molecule has 0 atom stereocenters. The summed E-state index contributed by atoms with van der Waals surface area (Å²) in [5, 5.41) is 0. The van der Waals surface area contributed by atoms with E-state index in [0.717, 1.165) is 6.42 Å². The molecule has 0 nitrogen and oxygen atoms in total. The van der Waals surface area contributed by atoms with Gasteiger partial charge < -0.3 is 0 Å². The van der Waals surface area contributed by atoms with Gasteiger partial charge in [-0.05, 0) is 70.8 Å². The summed E-state index contributed by atoms with van der Waals surface area (Å²) < 4.78 is 0. The highest BCUT2D eigenvalue weighted by Gasteiger charge is 2.22. The maximum atomic E-state index is 2.37. The minimum absolute atomic E-state index is 1.02. The lowest BCUT2D eigenvalue weighted by Crippen LogP contribution is -1.87. The van der Waals surface area contributed by atoms with Crippen molar-refractivity contribution in [1.82, 2.24) is 0 Å². The van der Waals surface area contributed by atoms with Gasteiger partial charge in [0.1, 0.15) is 0 Å². The van der Waals surface area contributed by atoms with Crippen molar-refractivity contribution in [1.29, 1.82) is 0 Å². The van der Waals surface area contributed by atoms with Crippen molar-refractivity contribution < 1.29 is 0 Å². The second-order valence-electron chi connectivity index (χ2n) is 7.61. The van der Waals surface area contributed by atoms with E-state index in [1.807, 2.05) is 0 Å². The Morgan fingerprint density at radius 1 is 0.519 bits per heavy atom. The molecule has 1 aliphatic rings. The van der Waals surface area contributed by atoms with Crippen molar-refractivity contribution in [2.24, 2.45) is 0 Å². The van der Waals surface area contributed by atoms with E-state index in [1.54, 1.807) is 0 Å². The van der Waals surface area contributed by atoms with Crippen molar-refractivity contribution in [2.45, 2.75) is 20.3 Å². The van der Waals surface area contributed by atoms with Crippen LogP contribution in [0.25, 0.3) is 33.4 Å². The highest BCUT2D eigenvalue weighted by molar-refractivity contribution is 5.87. The van der Waals surface area contributed by atoms with Gasteiger partial charge in [-0.25, -0.2) is 0 Å². The molecule has 0 fully saturated rings. The first-order valence-electron chi connectivity index (χ1n) is 9.58. The zero-order chi connectivity index (χ0) is 18.4. The molecule has 0 unspecified atom stereocenters. The zero-order valence-corrected chi connectivity index (χ0v) is 15.8. The second-order valence-corrected chi connectivity index (χ2v) is 7.61. The standard InChI is InChI=1S/C27H22/c1-18-6-10-20(11-7-18)22-14-15-23-17-27-24(21-12-8-19(2)9-13-21)4-3-5-25(27)26(23)16-22/h3-16H,17H2,1-2H3. The third-order valence-electron chi connectivity index (χ3n) is 5.69. The van der Waals surface area contributed by atoms with Gasteiger partial charge in [-0.3, -0.25) is 0 Å². The van der Waals surface area contributed by atoms with Crippen LogP contribution in [-0.4, -0.2) is 0 Å². The highest BCUT2D eigenvalue weighted by atomic mass is 14.3. The predicted octanol–water partition coefficient (Wildman–Crippen LogP) is 7.21. The maximum Gasteiger partial charge on any atom is -0.000728 e. The molecule has 0 radical (unpaired) electrons. The van der Waals surface area contributed by atoms with Crippen LogP contribution in [0.1, 0.15) is 22.3 Å². The molecule has 1 aliphatic carbocycles. The van der Waals surface area contributed by atoms with Gasteiger partial charge in [-0.15, -0.1) is 0 Å². The Morgan fingerprint density at radius 2 is 1.11 bits per heavy atom. The predicted molar refractivity (Wildman–Crippen MR) is 115 cm³/mol. The van der Waals surface area contributed by atoms with Crippen molar-refractivity contribution in [3.63, 3.8) is 0 Å². The highest BCUT2D eigenvalue weighted by Crippen LogP contribution is 2.43. The smallest absolute Gasteiger partial charge is 0.000728 e. The van der Waals surface area contributed by atoms with Crippen LogP contribution in [-0.2, 0) is 6.42 Å². The molecule has 4 aromatic rings.